The Morgan fingerprint density at radius 3 is 2.44 bits per heavy atom. The molecule has 0 radical (unpaired) electrons. The lowest BCUT2D eigenvalue weighted by Crippen LogP contribution is -2.49. The number of fused-ring (bicyclic) bond motifs is 1. The van der Waals surface area contributed by atoms with Gasteiger partial charge in [0.25, 0.3) is 0 Å². The van der Waals surface area contributed by atoms with Crippen LogP contribution in [0.25, 0.3) is 11.1 Å². The normalized spacial score (nSPS) is 18.1. The lowest BCUT2D eigenvalue weighted by Gasteiger charge is -2.35. The highest BCUT2D eigenvalue weighted by atomic mass is 19.3. The van der Waals surface area contributed by atoms with Gasteiger partial charge in [-0.1, -0.05) is 30.3 Å². The van der Waals surface area contributed by atoms with Gasteiger partial charge in [0.1, 0.15) is 33.4 Å². The van der Waals surface area contributed by atoms with Gasteiger partial charge >= 0.3 is 0 Å². The van der Waals surface area contributed by atoms with E-state index in [1.807, 2.05) is 49.4 Å². The van der Waals surface area contributed by atoms with Crippen LogP contribution >= 0.6 is 0 Å². The number of nitrogens with zero attached hydrogens (tertiary/aromatic N) is 1. The third-order valence-electron chi connectivity index (χ3n) is 8.21. The zero-order valence-electron chi connectivity index (χ0n) is 22.9. The molecular weight excluding hydrogens is 497 g/mol. The molecule has 1 atom stereocenters. The van der Waals surface area contributed by atoms with E-state index in [2.05, 4.69) is 25.5 Å². The lowest BCUT2D eigenvalue weighted by atomic mass is 9.59. The number of allylic oxidation sites excluding steroid dienone is 1. The molecule has 1 aliphatic heterocycles. The van der Waals surface area contributed by atoms with Crippen molar-refractivity contribution in [2.75, 3.05) is 19.8 Å². The number of benzene rings is 3. The van der Waals surface area contributed by atoms with Crippen LogP contribution < -0.4 is 9.68 Å². The van der Waals surface area contributed by atoms with Crippen LogP contribution in [0.4, 0.5) is 13.3 Å². The van der Waals surface area contributed by atoms with Crippen LogP contribution in [0.2, 0.25) is 0 Å². The van der Waals surface area contributed by atoms with Gasteiger partial charge in [-0.25, -0.2) is 4.39 Å². The Balaban J connectivity index is 1.48. The van der Waals surface area contributed by atoms with Gasteiger partial charge in [0.05, 0.1) is 6.67 Å². The summed E-state index contributed by atoms with van der Waals surface area (Å²) in [7, 11) is 4.17. The van der Waals surface area contributed by atoms with Crippen molar-refractivity contribution >= 4 is 26.8 Å². The summed E-state index contributed by atoms with van der Waals surface area (Å²) in [6.45, 7) is 3.21. The average molecular weight is 531 g/mol. The van der Waals surface area contributed by atoms with E-state index in [0.717, 1.165) is 71.5 Å². The second-order valence-electron chi connectivity index (χ2n) is 11.3. The molecular formula is C31H34B2F3NO2. The van der Waals surface area contributed by atoms with Crippen molar-refractivity contribution in [2.45, 2.75) is 50.5 Å². The van der Waals surface area contributed by atoms with E-state index in [0.29, 0.717) is 18.4 Å². The van der Waals surface area contributed by atoms with Gasteiger partial charge in [0.15, 0.2) is 5.75 Å². The number of halogens is 3. The van der Waals surface area contributed by atoms with Gasteiger partial charge in [0.2, 0.25) is 0 Å². The SMILES string of the molecule is BC(B)(CCF)N1CCC(Oc2ccc(C3=C(c4ccc(C)cc4F)CCCc4cc(OF)ccc43)cc2)C1. The highest BCUT2D eigenvalue weighted by Gasteiger charge is 2.34. The molecule has 3 aromatic carbocycles. The third-order valence-corrected chi connectivity index (χ3v) is 8.21. The van der Waals surface area contributed by atoms with E-state index in [9.17, 15) is 8.92 Å². The Kier molecular flexibility index (Phi) is 8.13. The fraction of sp³-hybridized carbons (Fsp3) is 0.355. The molecule has 5 rings (SSSR count). The summed E-state index contributed by atoms with van der Waals surface area (Å²) in [5.41, 5.74) is 6.24. The van der Waals surface area contributed by atoms with Gasteiger partial charge in [-0.05, 0) is 108 Å². The zero-order valence-corrected chi connectivity index (χ0v) is 22.9. The second-order valence-corrected chi connectivity index (χ2v) is 11.3. The molecule has 1 aliphatic carbocycles. The van der Waals surface area contributed by atoms with Crippen molar-refractivity contribution < 1.29 is 23.0 Å². The first-order valence-corrected chi connectivity index (χ1v) is 13.8. The summed E-state index contributed by atoms with van der Waals surface area (Å²) in [5.74, 6) is 0.700. The van der Waals surface area contributed by atoms with Crippen molar-refractivity contribution in [3.8, 4) is 11.5 Å². The van der Waals surface area contributed by atoms with Crippen molar-refractivity contribution in [3.63, 3.8) is 0 Å². The molecule has 1 saturated heterocycles. The molecule has 1 unspecified atom stereocenters. The first-order chi connectivity index (χ1) is 18.8. The molecule has 39 heavy (non-hydrogen) atoms. The number of likely N-dealkylation sites (tertiary alicyclic amines) is 1. The molecule has 8 heteroatoms. The molecule has 0 N–H and O–H groups in total. The number of aryl methyl sites for hydroxylation is 2. The summed E-state index contributed by atoms with van der Waals surface area (Å²) >= 11 is 0. The van der Waals surface area contributed by atoms with Gasteiger partial charge in [-0.15, -0.1) is 0 Å². The van der Waals surface area contributed by atoms with Crippen LogP contribution in [0, 0.1) is 12.7 Å². The maximum absolute atomic E-state index is 15.3. The van der Waals surface area contributed by atoms with Crippen molar-refractivity contribution in [1.29, 1.82) is 0 Å². The van der Waals surface area contributed by atoms with Crippen LogP contribution in [0.5, 0.6) is 11.5 Å². The van der Waals surface area contributed by atoms with Crippen LogP contribution in [-0.2, 0) is 6.42 Å². The summed E-state index contributed by atoms with van der Waals surface area (Å²) < 4.78 is 47.6. The van der Waals surface area contributed by atoms with Gasteiger partial charge in [-0.2, -0.15) is 0 Å². The van der Waals surface area contributed by atoms with Crippen molar-refractivity contribution in [1.82, 2.24) is 4.90 Å². The number of ether oxygens (including phenoxy) is 1. The van der Waals surface area contributed by atoms with Crippen LogP contribution in [0.1, 0.15) is 53.5 Å². The monoisotopic (exact) mass is 531 g/mol. The first-order valence-electron chi connectivity index (χ1n) is 13.8. The number of alkyl halides is 1. The third kappa shape index (κ3) is 5.91. The minimum absolute atomic E-state index is 0.0453. The van der Waals surface area contributed by atoms with E-state index in [1.54, 1.807) is 18.2 Å². The molecule has 3 nitrogen and oxygen atoms in total. The fourth-order valence-electron chi connectivity index (χ4n) is 5.93. The smallest absolute Gasteiger partial charge is 0.172 e. The Morgan fingerprint density at radius 1 is 0.974 bits per heavy atom. The van der Waals surface area contributed by atoms with Gasteiger partial charge < -0.3 is 9.64 Å². The largest absolute Gasteiger partial charge is 0.489 e. The van der Waals surface area contributed by atoms with Crippen LogP contribution in [-0.4, -0.2) is 51.8 Å². The summed E-state index contributed by atoms with van der Waals surface area (Å²) in [6.07, 6.45) is 3.70. The minimum Gasteiger partial charge on any atom is -0.489 e. The average Bonchev–Trinajstić information content (AvgIpc) is 3.31. The zero-order chi connectivity index (χ0) is 27.6. The first kappa shape index (κ1) is 27.4. The highest BCUT2D eigenvalue weighted by Crippen LogP contribution is 2.42. The van der Waals surface area contributed by atoms with Crippen molar-refractivity contribution in [3.05, 3.63) is 94.3 Å². The topological polar surface area (TPSA) is 21.7 Å². The van der Waals surface area contributed by atoms with Crippen LogP contribution in [0.3, 0.4) is 0 Å². The molecule has 0 aromatic heterocycles. The lowest BCUT2D eigenvalue weighted by molar-refractivity contribution is -0.00629. The molecule has 0 spiro atoms. The molecule has 2 aliphatic rings. The maximum Gasteiger partial charge on any atom is 0.172 e. The summed E-state index contributed by atoms with van der Waals surface area (Å²) in [5, 5.41) is -0.190. The summed E-state index contributed by atoms with van der Waals surface area (Å²) in [6, 6.07) is 18.5. The minimum atomic E-state index is -0.327. The van der Waals surface area contributed by atoms with Gasteiger partial charge in [0, 0.05) is 23.2 Å². The van der Waals surface area contributed by atoms with E-state index < -0.39 is 0 Å². The standard InChI is InChI=1S/C31H34B2F3NO2/c1-20-5-11-27(29(35)17-20)28-4-2-3-22-18-24(39-36)10-12-26(22)30(28)21-6-8-23(9-7-21)38-25-13-16-37(19-25)31(32,33)14-15-34/h5-12,17-18,25H,2-4,13-16,19,32-33H2,1H3. The quantitative estimate of drug-likeness (QED) is 0.363. The molecule has 3 aromatic rings. The Morgan fingerprint density at radius 2 is 1.72 bits per heavy atom. The van der Waals surface area contributed by atoms with E-state index in [1.165, 1.54) is 0 Å². The number of rotatable bonds is 8. The highest BCUT2D eigenvalue weighted by molar-refractivity contribution is 6.39. The second kappa shape index (κ2) is 11.5. The fourth-order valence-corrected chi connectivity index (χ4v) is 5.93. The molecule has 202 valence electrons. The Hall–Kier alpha value is -3.12. The summed E-state index contributed by atoms with van der Waals surface area (Å²) in [4.78, 5) is 6.31. The number of hydrogen-bond donors (Lipinski definition) is 0. The molecule has 0 saturated carbocycles. The molecule has 0 amide bonds. The van der Waals surface area contributed by atoms with E-state index in [-0.39, 0.29) is 29.7 Å². The molecule has 1 heterocycles. The van der Waals surface area contributed by atoms with Crippen molar-refractivity contribution in [2.24, 2.45) is 0 Å². The van der Waals surface area contributed by atoms with E-state index in [4.69, 9.17) is 4.74 Å². The molecule has 1 fully saturated rings. The maximum atomic E-state index is 15.3. The van der Waals surface area contributed by atoms with E-state index >= 15 is 4.39 Å². The van der Waals surface area contributed by atoms with Gasteiger partial charge in [-0.3, -0.25) is 9.33 Å². The Labute approximate surface area is 230 Å². The molecule has 0 bridgehead atoms. The van der Waals surface area contributed by atoms with Crippen LogP contribution in [0.15, 0.2) is 60.7 Å². The predicted octanol–water partition coefficient (Wildman–Crippen LogP) is 5.43. The Bertz CT molecular complexity index is 1360. The number of hydrogen-bond acceptors (Lipinski definition) is 3. The predicted molar refractivity (Wildman–Crippen MR) is 156 cm³/mol.